The van der Waals surface area contributed by atoms with Gasteiger partial charge in [0, 0.05) is 12.6 Å². The molecule has 8 atom stereocenters. The fourth-order valence-corrected chi connectivity index (χ4v) is 5.57. The van der Waals surface area contributed by atoms with Crippen molar-refractivity contribution in [3.05, 3.63) is 41.0 Å². The van der Waals surface area contributed by atoms with Gasteiger partial charge in [-0.25, -0.2) is 4.79 Å². The first-order valence-electron chi connectivity index (χ1n) is 11.6. The number of hydrogen-bond acceptors (Lipinski definition) is 7. The van der Waals surface area contributed by atoms with E-state index in [9.17, 15) is 25.2 Å². The van der Waals surface area contributed by atoms with Gasteiger partial charge < -0.3 is 29.9 Å². The third kappa shape index (κ3) is 4.31. The van der Waals surface area contributed by atoms with E-state index in [1.807, 2.05) is 12.1 Å². The summed E-state index contributed by atoms with van der Waals surface area (Å²) in [7, 11) is 0. The predicted octanol–water partition coefficient (Wildman–Crippen LogP) is 1.45. The summed E-state index contributed by atoms with van der Waals surface area (Å²) in [5.74, 6) is -0.562. The van der Waals surface area contributed by atoms with Crippen LogP contribution in [-0.2, 0) is 21.4 Å². The van der Waals surface area contributed by atoms with Crippen molar-refractivity contribution in [1.29, 1.82) is 0 Å². The quantitative estimate of drug-likeness (QED) is 0.487. The second-order valence-corrected chi connectivity index (χ2v) is 10.2. The standard InChI is InChI=1S/C25H35NO7/c1-13(2)7-9-26-10-8-25(4)14(3)18(26)11-15-5-6-16(12-17(15)25)32-24-21(29)19(27)20(28)22(33-24)23(30)31/h5-7,12,14,18-22,24,27-29H,8-11H2,1-4H3,(H,30,31)/t14-,18?,19+,20+,21-,22+,24-,25+/m1/s1. The van der Waals surface area contributed by atoms with Gasteiger partial charge in [0.2, 0.25) is 6.29 Å². The molecule has 8 nitrogen and oxygen atoms in total. The summed E-state index contributed by atoms with van der Waals surface area (Å²) in [5.41, 5.74) is 3.75. The molecular formula is C25H35NO7. The molecule has 4 N–H and O–H groups in total. The average molecular weight is 462 g/mol. The highest BCUT2D eigenvalue weighted by Crippen LogP contribution is 2.49. The highest BCUT2D eigenvalue weighted by molar-refractivity contribution is 5.73. The minimum atomic E-state index is -1.74. The molecule has 2 saturated heterocycles. The lowest BCUT2D eigenvalue weighted by molar-refractivity contribution is -0.271. The minimum absolute atomic E-state index is 0.0373. The second kappa shape index (κ2) is 9.00. The number of aliphatic hydroxyl groups excluding tert-OH is 3. The zero-order valence-electron chi connectivity index (χ0n) is 19.6. The van der Waals surface area contributed by atoms with Crippen LogP contribution in [0.2, 0.25) is 0 Å². The Morgan fingerprint density at radius 1 is 1.24 bits per heavy atom. The smallest absolute Gasteiger partial charge is 0.335 e. The monoisotopic (exact) mass is 461 g/mol. The number of rotatable bonds is 5. The molecule has 182 valence electrons. The van der Waals surface area contributed by atoms with Gasteiger partial charge in [-0.1, -0.05) is 31.6 Å². The van der Waals surface area contributed by atoms with E-state index in [2.05, 4.69) is 38.7 Å². The van der Waals surface area contributed by atoms with E-state index < -0.39 is 36.7 Å². The van der Waals surface area contributed by atoms with Crippen molar-refractivity contribution in [2.75, 3.05) is 13.1 Å². The first-order valence-corrected chi connectivity index (χ1v) is 11.6. The maximum Gasteiger partial charge on any atom is 0.335 e. The molecule has 1 aromatic carbocycles. The molecule has 2 fully saturated rings. The molecule has 0 radical (unpaired) electrons. The Balaban J connectivity index is 1.57. The fourth-order valence-electron chi connectivity index (χ4n) is 5.57. The maximum absolute atomic E-state index is 11.4. The summed E-state index contributed by atoms with van der Waals surface area (Å²) in [5, 5.41) is 39.5. The third-order valence-electron chi connectivity index (χ3n) is 7.89. The highest BCUT2D eigenvalue weighted by Gasteiger charge is 2.50. The van der Waals surface area contributed by atoms with E-state index in [0.29, 0.717) is 17.7 Å². The molecule has 2 aliphatic heterocycles. The van der Waals surface area contributed by atoms with Crippen molar-refractivity contribution in [2.45, 2.75) is 82.7 Å². The van der Waals surface area contributed by atoms with Crippen LogP contribution in [0.25, 0.3) is 0 Å². The van der Waals surface area contributed by atoms with Crippen LogP contribution in [0.4, 0.5) is 0 Å². The predicted molar refractivity (Wildman–Crippen MR) is 121 cm³/mol. The molecule has 33 heavy (non-hydrogen) atoms. The molecule has 1 aliphatic carbocycles. The van der Waals surface area contributed by atoms with E-state index in [-0.39, 0.29) is 5.41 Å². The number of likely N-dealkylation sites (tertiary alicyclic amines) is 1. The molecule has 1 unspecified atom stereocenters. The first-order chi connectivity index (χ1) is 15.5. The van der Waals surface area contributed by atoms with Crippen LogP contribution in [0, 0.1) is 5.92 Å². The Hall–Kier alpha value is -1.97. The van der Waals surface area contributed by atoms with Crippen LogP contribution in [0.15, 0.2) is 29.8 Å². The van der Waals surface area contributed by atoms with Gasteiger partial charge in [-0.05, 0) is 67.8 Å². The van der Waals surface area contributed by atoms with Crippen molar-refractivity contribution in [2.24, 2.45) is 5.92 Å². The SMILES string of the molecule is CC(C)=CCN1CC[C@]2(C)c3cc(O[C@@H]4O[C@H](C(=O)O)[C@@H](O)[C@H](O)[C@H]4O)ccc3CC1[C@H]2C. The van der Waals surface area contributed by atoms with E-state index in [0.717, 1.165) is 25.9 Å². The summed E-state index contributed by atoms with van der Waals surface area (Å²) < 4.78 is 11.1. The van der Waals surface area contributed by atoms with Crippen LogP contribution in [0.3, 0.4) is 0 Å². The molecule has 2 heterocycles. The number of nitrogens with zero attached hydrogens (tertiary/aromatic N) is 1. The van der Waals surface area contributed by atoms with Crippen LogP contribution in [0.1, 0.15) is 45.2 Å². The number of benzene rings is 1. The van der Waals surface area contributed by atoms with Crippen molar-refractivity contribution in [3.8, 4) is 5.75 Å². The molecule has 0 spiro atoms. The number of carboxylic acid groups (broad SMARTS) is 1. The van der Waals surface area contributed by atoms with Gasteiger partial charge in [-0.15, -0.1) is 0 Å². The van der Waals surface area contributed by atoms with E-state index in [4.69, 9.17) is 9.47 Å². The lowest BCUT2D eigenvalue weighted by Crippen LogP contribution is -2.61. The highest BCUT2D eigenvalue weighted by atomic mass is 16.7. The van der Waals surface area contributed by atoms with Gasteiger partial charge in [0.05, 0.1) is 0 Å². The number of carboxylic acids is 1. The number of allylic oxidation sites excluding steroid dienone is 1. The number of carbonyl (C=O) groups is 1. The molecule has 4 rings (SSSR count). The Morgan fingerprint density at radius 2 is 1.97 bits per heavy atom. The van der Waals surface area contributed by atoms with Crippen LogP contribution in [-0.4, -0.2) is 81.1 Å². The number of aliphatic carboxylic acids is 1. The van der Waals surface area contributed by atoms with Crippen LogP contribution >= 0.6 is 0 Å². The van der Waals surface area contributed by atoms with Crippen molar-refractivity contribution >= 4 is 5.97 Å². The zero-order chi connectivity index (χ0) is 24.1. The largest absolute Gasteiger partial charge is 0.479 e. The van der Waals surface area contributed by atoms with Gasteiger partial charge in [0.1, 0.15) is 24.1 Å². The molecule has 0 saturated carbocycles. The number of aliphatic hydroxyl groups is 3. The fraction of sp³-hybridized carbons (Fsp3) is 0.640. The molecule has 0 amide bonds. The molecular weight excluding hydrogens is 426 g/mol. The lowest BCUT2D eigenvalue weighted by atomic mass is 9.59. The summed E-state index contributed by atoms with van der Waals surface area (Å²) in [6.07, 6.45) is -3.87. The first kappa shape index (κ1) is 24.2. The maximum atomic E-state index is 11.4. The van der Waals surface area contributed by atoms with E-state index in [1.165, 1.54) is 16.7 Å². The third-order valence-corrected chi connectivity index (χ3v) is 7.89. The number of ether oxygens (including phenoxy) is 2. The summed E-state index contributed by atoms with van der Waals surface area (Å²) in [4.78, 5) is 13.9. The Bertz CT molecular complexity index is 929. The minimum Gasteiger partial charge on any atom is -0.479 e. The normalized spacial score (nSPS) is 38.3. The summed E-state index contributed by atoms with van der Waals surface area (Å²) in [6, 6.07) is 6.23. The van der Waals surface area contributed by atoms with E-state index in [1.54, 1.807) is 6.07 Å². The van der Waals surface area contributed by atoms with Crippen molar-refractivity contribution < 1.29 is 34.7 Å². The van der Waals surface area contributed by atoms with Gasteiger partial charge in [-0.3, -0.25) is 4.90 Å². The van der Waals surface area contributed by atoms with Gasteiger partial charge in [-0.2, -0.15) is 0 Å². The summed E-state index contributed by atoms with van der Waals surface area (Å²) >= 11 is 0. The Kier molecular flexibility index (Phi) is 6.59. The number of piperidine rings is 1. The van der Waals surface area contributed by atoms with E-state index >= 15 is 0 Å². The molecule has 2 bridgehead atoms. The summed E-state index contributed by atoms with van der Waals surface area (Å²) in [6.45, 7) is 10.8. The average Bonchev–Trinajstić information content (AvgIpc) is 2.76. The van der Waals surface area contributed by atoms with Crippen LogP contribution in [0.5, 0.6) is 5.75 Å². The van der Waals surface area contributed by atoms with Gasteiger partial charge in [0.15, 0.2) is 6.10 Å². The Labute approximate surface area is 194 Å². The zero-order valence-corrected chi connectivity index (χ0v) is 19.6. The lowest BCUT2D eigenvalue weighted by Gasteiger charge is -2.54. The molecule has 1 aromatic rings. The number of fused-ring (bicyclic) bond motifs is 4. The van der Waals surface area contributed by atoms with Crippen molar-refractivity contribution in [3.63, 3.8) is 0 Å². The molecule has 3 aliphatic rings. The van der Waals surface area contributed by atoms with Crippen LogP contribution < -0.4 is 4.74 Å². The molecule has 8 heteroatoms. The van der Waals surface area contributed by atoms with Crippen molar-refractivity contribution in [1.82, 2.24) is 4.90 Å². The second-order valence-electron chi connectivity index (χ2n) is 10.2. The van der Waals surface area contributed by atoms with Gasteiger partial charge in [0.25, 0.3) is 0 Å². The molecule has 0 aromatic heterocycles. The van der Waals surface area contributed by atoms with Gasteiger partial charge >= 0.3 is 5.97 Å². The topological polar surface area (TPSA) is 120 Å². The Morgan fingerprint density at radius 3 is 2.64 bits per heavy atom. The number of hydrogen-bond donors (Lipinski definition) is 4.